The molecule has 0 saturated carbocycles. The van der Waals surface area contributed by atoms with Crippen molar-refractivity contribution < 1.29 is 9.32 Å². The van der Waals surface area contributed by atoms with Crippen LogP contribution in [0.15, 0.2) is 34.9 Å². The number of nitrogens with zero attached hydrogens (tertiary/aromatic N) is 3. The van der Waals surface area contributed by atoms with Crippen LogP contribution in [0.5, 0.6) is 0 Å². The number of anilines is 1. The van der Waals surface area contributed by atoms with Crippen LogP contribution >= 0.6 is 23.2 Å². The molecule has 8 heteroatoms. The summed E-state index contributed by atoms with van der Waals surface area (Å²) in [5.41, 5.74) is 1.59. The van der Waals surface area contributed by atoms with Crippen molar-refractivity contribution >= 4 is 34.8 Å². The minimum Gasteiger partial charge on any atom is -0.338 e. The van der Waals surface area contributed by atoms with Crippen LogP contribution in [-0.4, -0.2) is 20.6 Å². The number of amides is 1. The summed E-state index contributed by atoms with van der Waals surface area (Å²) < 4.78 is 6.83. The number of benzene rings is 1. The lowest BCUT2D eigenvalue weighted by Gasteiger charge is -2.10. The average Bonchev–Trinajstić information content (AvgIpc) is 3.17. The maximum absolute atomic E-state index is 12.4. The Morgan fingerprint density at radius 3 is 2.35 bits per heavy atom. The van der Waals surface area contributed by atoms with Gasteiger partial charge in [-0.2, -0.15) is 4.98 Å². The Hall–Kier alpha value is -2.31. The molecule has 0 bridgehead atoms. The van der Waals surface area contributed by atoms with E-state index in [9.17, 15) is 4.79 Å². The summed E-state index contributed by atoms with van der Waals surface area (Å²) in [6, 6.07) is 8.70. The molecule has 0 spiro atoms. The number of carbonyl (C=O) groups excluding carboxylic acids is 1. The lowest BCUT2D eigenvalue weighted by molar-refractivity contribution is 0.101. The van der Waals surface area contributed by atoms with Crippen molar-refractivity contribution in [2.45, 2.75) is 26.2 Å². The van der Waals surface area contributed by atoms with Gasteiger partial charge in [0.25, 0.3) is 5.91 Å². The topological polar surface area (TPSA) is 73.0 Å². The first-order chi connectivity index (χ1) is 12.2. The minimum absolute atomic E-state index is 0.212. The van der Waals surface area contributed by atoms with E-state index in [1.807, 2.05) is 32.9 Å². The maximum Gasteiger partial charge on any atom is 0.272 e. The van der Waals surface area contributed by atoms with Gasteiger partial charge in [-0.25, -0.2) is 0 Å². The molecule has 3 aromatic rings. The van der Waals surface area contributed by atoms with Crippen LogP contribution in [0, 0.1) is 0 Å². The zero-order valence-corrected chi connectivity index (χ0v) is 16.3. The number of carbonyl (C=O) groups is 1. The molecule has 0 saturated heterocycles. The summed E-state index contributed by atoms with van der Waals surface area (Å²) in [6.45, 7) is 6.01. The molecule has 0 radical (unpaired) electrons. The largest absolute Gasteiger partial charge is 0.338 e. The molecule has 26 heavy (non-hydrogen) atoms. The zero-order valence-electron chi connectivity index (χ0n) is 14.8. The predicted molar refractivity (Wildman–Crippen MR) is 102 cm³/mol. The summed E-state index contributed by atoms with van der Waals surface area (Å²) >= 11 is 11.9. The molecular formula is C18H18Cl2N4O2. The molecule has 0 unspecified atom stereocenters. The van der Waals surface area contributed by atoms with Crippen LogP contribution in [0.25, 0.3) is 11.4 Å². The van der Waals surface area contributed by atoms with Crippen LogP contribution < -0.4 is 5.32 Å². The van der Waals surface area contributed by atoms with Gasteiger partial charge in [0.15, 0.2) is 0 Å². The molecular weight excluding hydrogens is 375 g/mol. The van der Waals surface area contributed by atoms with Crippen molar-refractivity contribution in [2.75, 3.05) is 5.32 Å². The molecule has 136 valence electrons. The van der Waals surface area contributed by atoms with Crippen LogP contribution in [0.2, 0.25) is 10.2 Å². The first-order valence-electron chi connectivity index (χ1n) is 7.93. The van der Waals surface area contributed by atoms with E-state index >= 15 is 0 Å². The Kier molecular flexibility index (Phi) is 4.82. The maximum atomic E-state index is 12.4. The number of nitrogens with one attached hydrogen (secondary N) is 1. The second-order valence-electron chi connectivity index (χ2n) is 6.93. The second-order valence-corrected chi connectivity index (χ2v) is 7.70. The summed E-state index contributed by atoms with van der Waals surface area (Å²) in [5.74, 6) is 0.778. The lowest BCUT2D eigenvalue weighted by Crippen LogP contribution is -2.15. The Labute approximate surface area is 161 Å². The fourth-order valence-electron chi connectivity index (χ4n) is 2.30. The van der Waals surface area contributed by atoms with Gasteiger partial charge in [-0.1, -0.05) is 49.1 Å². The summed E-state index contributed by atoms with van der Waals surface area (Å²) in [7, 11) is 1.68. The molecule has 0 atom stereocenters. The molecule has 0 fully saturated rings. The van der Waals surface area contributed by atoms with E-state index in [4.69, 9.17) is 27.7 Å². The third-order valence-corrected chi connectivity index (χ3v) is 4.66. The molecule has 6 nitrogen and oxygen atoms in total. The SMILES string of the molecule is Cn1c(C(=O)Nc2ccc(-c3noc(C(C)(C)C)n3)cc2)cc(Cl)c1Cl. The number of rotatable bonds is 3. The van der Waals surface area contributed by atoms with Crippen LogP contribution in [0.3, 0.4) is 0 Å². The van der Waals surface area contributed by atoms with Gasteiger partial charge in [0.1, 0.15) is 10.8 Å². The van der Waals surface area contributed by atoms with Gasteiger partial charge in [0, 0.05) is 23.7 Å². The average molecular weight is 393 g/mol. The van der Waals surface area contributed by atoms with Gasteiger partial charge in [-0.05, 0) is 30.3 Å². The standard InChI is InChI=1S/C18H18Cl2N4O2/c1-18(2,3)17-22-15(23-26-17)10-5-7-11(8-6-10)21-16(25)13-9-12(19)14(20)24(13)4/h5-9H,1-4H3,(H,21,25). The van der Waals surface area contributed by atoms with Crippen LogP contribution in [0.4, 0.5) is 5.69 Å². The monoisotopic (exact) mass is 392 g/mol. The van der Waals surface area contributed by atoms with Crippen molar-refractivity contribution in [3.8, 4) is 11.4 Å². The Morgan fingerprint density at radius 1 is 1.19 bits per heavy atom. The van der Waals surface area contributed by atoms with Crippen LogP contribution in [-0.2, 0) is 12.5 Å². The van der Waals surface area contributed by atoms with E-state index in [2.05, 4.69) is 15.5 Å². The zero-order chi connectivity index (χ0) is 19.1. The number of hydrogen-bond acceptors (Lipinski definition) is 4. The third-order valence-electron chi connectivity index (χ3n) is 3.82. The highest BCUT2D eigenvalue weighted by Crippen LogP contribution is 2.27. The van der Waals surface area contributed by atoms with E-state index in [0.717, 1.165) is 5.56 Å². The number of aromatic nitrogens is 3. The van der Waals surface area contributed by atoms with E-state index in [-0.39, 0.29) is 11.3 Å². The first-order valence-corrected chi connectivity index (χ1v) is 8.69. The van der Waals surface area contributed by atoms with Crippen molar-refractivity contribution in [3.05, 3.63) is 52.1 Å². The third kappa shape index (κ3) is 3.61. The lowest BCUT2D eigenvalue weighted by atomic mass is 9.97. The molecule has 0 aliphatic carbocycles. The highest BCUT2D eigenvalue weighted by molar-refractivity contribution is 6.42. The molecule has 0 aliphatic rings. The van der Waals surface area contributed by atoms with Gasteiger partial charge in [-0.3, -0.25) is 4.79 Å². The molecule has 1 aromatic carbocycles. The van der Waals surface area contributed by atoms with Gasteiger partial charge < -0.3 is 14.4 Å². The molecule has 1 N–H and O–H groups in total. The van der Waals surface area contributed by atoms with Gasteiger partial charge in [-0.15, -0.1) is 0 Å². The molecule has 2 aromatic heterocycles. The van der Waals surface area contributed by atoms with Crippen molar-refractivity contribution in [1.29, 1.82) is 0 Å². The summed E-state index contributed by atoms with van der Waals surface area (Å²) in [4.78, 5) is 16.8. The Balaban J connectivity index is 1.76. The Bertz CT molecular complexity index is 953. The molecule has 2 heterocycles. The highest BCUT2D eigenvalue weighted by atomic mass is 35.5. The van der Waals surface area contributed by atoms with E-state index in [1.165, 1.54) is 10.6 Å². The highest BCUT2D eigenvalue weighted by Gasteiger charge is 2.22. The van der Waals surface area contributed by atoms with Gasteiger partial charge in [0.05, 0.1) is 5.02 Å². The molecule has 1 amide bonds. The van der Waals surface area contributed by atoms with E-state index in [0.29, 0.717) is 33.3 Å². The van der Waals surface area contributed by atoms with E-state index < -0.39 is 0 Å². The fourth-order valence-corrected chi connectivity index (χ4v) is 2.68. The smallest absolute Gasteiger partial charge is 0.272 e. The Morgan fingerprint density at radius 2 is 1.85 bits per heavy atom. The second kappa shape index (κ2) is 6.78. The van der Waals surface area contributed by atoms with E-state index in [1.54, 1.807) is 19.2 Å². The quantitative estimate of drug-likeness (QED) is 0.685. The minimum atomic E-state index is -0.302. The molecule has 0 aliphatic heterocycles. The normalized spacial score (nSPS) is 11.6. The van der Waals surface area contributed by atoms with Crippen molar-refractivity contribution in [3.63, 3.8) is 0 Å². The first kappa shape index (κ1) is 18.5. The summed E-state index contributed by atoms with van der Waals surface area (Å²) in [6.07, 6.45) is 0. The predicted octanol–water partition coefficient (Wildman–Crippen LogP) is 4.93. The number of halogens is 2. The summed E-state index contributed by atoms with van der Waals surface area (Å²) in [5, 5.41) is 7.47. The van der Waals surface area contributed by atoms with Crippen molar-refractivity contribution in [1.82, 2.24) is 14.7 Å². The number of hydrogen-bond donors (Lipinski definition) is 1. The fraction of sp³-hybridized carbons (Fsp3) is 0.278. The molecule has 3 rings (SSSR count). The van der Waals surface area contributed by atoms with Gasteiger partial charge >= 0.3 is 0 Å². The van der Waals surface area contributed by atoms with Gasteiger partial charge in [0.2, 0.25) is 11.7 Å². The van der Waals surface area contributed by atoms with Crippen LogP contribution in [0.1, 0.15) is 37.2 Å². The van der Waals surface area contributed by atoms with Crippen molar-refractivity contribution in [2.24, 2.45) is 7.05 Å².